The van der Waals surface area contributed by atoms with Gasteiger partial charge in [-0.1, -0.05) is 34.2 Å². The Kier molecular flexibility index (Phi) is 6.34. The van der Waals surface area contributed by atoms with E-state index in [2.05, 4.69) is 15.9 Å². The van der Waals surface area contributed by atoms with Gasteiger partial charge in [-0.15, -0.1) is 0 Å². The van der Waals surface area contributed by atoms with Crippen LogP contribution in [0.2, 0.25) is 0 Å². The fourth-order valence-corrected chi connectivity index (χ4v) is 0.796. The highest BCUT2D eigenvalue weighted by Crippen LogP contribution is 2.11. The van der Waals surface area contributed by atoms with Crippen molar-refractivity contribution in [2.75, 3.05) is 19.5 Å². The van der Waals surface area contributed by atoms with E-state index >= 15 is 0 Å². The van der Waals surface area contributed by atoms with Gasteiger partial charge in [0.15, 0.2) is 5.79 Å². The average molecular weight is 235 g/mol. The van der Waals surface area contributed by atoms with Crippen molar-refractivity contribution in [3.63, 3.8) is 0 Å². The number of ether oxygens (including phenoxy) is 2. The summed E-state index contributed by atoms with van der Waals surface area (Å²) in [5.41, 5.74) is 0. The van der Waals surface area contributed by atoms with Crippen molar-refractivity contribution < 1.29 is 9.47 Å². The molecule has 0 aromatic rings. The molecule has 0 aliphatic carbocycles. The lowest BCUT2D eigenvalue weighted by atomic mass is 10.3. The molecule has 0 amide bonds. The minimum Gasteiger partial charge on any atom is -0.350 e. The zero-order valence-corrected chi connectivity index (χ0v) is 9.30. The minimum absolute atomic E-state index is 0.614. The number of hydrogen-bond donors (Lipinski definition) is 0. The molecule has 0 fully saturated rings. The minimum atomic E-state index is -0.614. The third-order valence-corrected chi connectivity index (χ3v) is 1.92. The number of alkyl halides is 1. The Bertz CT molecular complexity index is 160. The fourth-order valence-electron chi connectivity index (χ4n) is 0.580. The Labute approximate surface area is 82.4 Å². The molecule has 0 aromatic carbocycles. The van der Waals surface area contributed by atoms with Gasteiger partial charge in [0.2, 0.25) is 0 Å². The van der Waals surface area contributed by atoms with Gasteiger partial charge in [0, 0.05) is 19.5 Å². The quantitative estimate of drug-likeness (QED) is 0.414. The van der Waals surface area contributed by atoms with E-state index in [0.29, 0.717) is 0 Å². The van der Waals surface area contributed by atoms with Crippen LogP contribution in [0, 0.1) is 0 Å². The SMILES string of the molecule is COC(C)(/C=C/C=C/CBr)OC. The second kappa shape index (κ2) is 6.40. The molecule has 3 heteroatoms. The second-order valence-corrected chi connectivity index (χ2v) is 3.01. The molecular weight excluding hydrogens is 220 g/mol. The molecule has 0 N–H and O–H groups in total. The van der Waals surface area contributed by atoms with Gasteiger partial charge in [-0.05, 0) is 13.0 Å². The van der Waals surface area contributed by atoms with Gasteiger partial charge < -0.3 is 9.47 Å². The van der Waals surface area contributed by atoms with Crippen LogP contribution in [0.25, 0.3) is 0 Å². The summed E-state index contributed by atoms with van der Waals surface area (Å²) < 4.78 is 10.2. The predicted octanol–water partition coefficient (Wildman–Crippen LogP) is 2.50. The Balaban J connectivity index is 4.01. The van der Waals surface area contributed by atoms with E-state index in [1.807, 2.05) is 31.2 Å². The van der Waals surface area contributed by atoms with Crippen LogP contribution < -0.4 is 0 Å². The lowest BCUT2D eigenvalue weighted by Gasteiger charge is -2.21. The molecule has 0 spiro atoms. The van der Waals surface area contributed by atoms with E-state index in [4.69, 9.17) is 9.47 Å². The summed E-state index contributed by atoms with van der Waals surface area (Å²) in [5.74, 6) is -0.614. The molecule has 0 bridgehead atoms. The van der Waals surface area contributed by atoms with Crippen molar-refractivity contribution in [2.24, 2.45) is 0 Å². The third kappa shape index (κ3) is 4.70. The van der Waals surface area contributed by atoms with Gasteiger partial charge in [-0.3, -0.25) is 0 Å². The summed E-state index contributed by atoms with van der Waals surface area (Å²) in [7, 11) is 3.23. The Morgan fingerprint density at radius 2 is 1.83 bits per heavy atom. The van der Waals surface area contributed by atoms with Crippen LogP contribution in [0.1, 0.15) is 6.92 Å². The molecule has 2 nitrogen and oxygen atoms in total. The first kappa shape index (κ1) is 11.9. The van der Waals surface area contributed by atoms with E-state index < -0.39 is 5.79 Å². The topological polar surface area (TPSA) is 18.5 Å². The summed E-state index contributed by atoms with van der Waals surface area (Å²) in [4.78, 5) is 0. The Morgan fingerprint density at radius 1 is 1.25 bits per heavy atom. The number of allylic oxidation sites excluding steroid dienone is 3. The van der Waals surface area contributed by atoms with Gasteiger partial charge in [-0.2, -0.15) is 0 Å². The molecule has 0 saturated carbocycles. The maximum absolute atomic E-state index is 5.11. The Hall–Kier alpha value is -0.120. The molecule has 0 rings (SSSR count). The van der Waals surface area contributed by atoms with Crippen molar-refractivity contribution in [1.29, 1.82) is 0 Å². The summed E-state index contributed by atoms with van der Waals surface area (Å²) in [5, 5.41) is 0.855. The van der Waals surface area contributed by atoms with Crippen LogP contribution in [0.15, 0.2) is 24.3 Å². The highest BCUT2D eigenvalue weighted by molar-refractivity contribution is 9.09. The van der Waals surface area contributed by atoms with E-state index in [0.717, 1.165) is 5.33 Å². The predicted molar refractivity (Wildman–Crippen MR) is 54.5 cm³/mol. The second-order valence-electron chi connectivity index (χ2n) is 2.37. The summed E-state index contributed by atoms with van der Waals surface area (Å²) >= 11 is 3.28. The molecule has 0 heterocycles. The molecule has 0 unspecified atom stereocenters. The summed E-state index contributed by atoms with van der Waals surface area (Å²) in [6, 6.07) is 0. The van der Waals surface area contributed by atoms with Crippen molar-refractivity contribution in [2.45, 2.75) is 12.7 Å². The molecular formula is C9H15BrO2. The van der Waals surface area contributed by atoms with Crippen molar-refractivity contribution in [1.82, 2.24) is 0 Å². The van der Waals surface area contributed by atoms with Crippen molar-refractivity contribution in [3.8, 4) is 0 Å². The maximum Gasteiger partial charge on any atom is 0.184 e. The number of halogens is 1. The normalized spacial score (nSPS) is 13.3. The first-order valence-corrected chi connectivity index (χ1v) is 4.81. The molecule has 0 saturated heterocycles. The van der Waals surface area contributed by atoms with E-state index in [1.54, 1.807) is 14.2 Å². The number of methoxy groups -OCH3 is 2. The van der Waals surface area contributed by atoms with Gasteiger partial charge in [0.1, 0.15) is 0 Å². The largest absolute Gasteiger partial charge is 0.350 e. The monoisotopic (exact) mass is 234 g/mol. The van der Waals surface area contributed by atoms with Crippen molar-refractivity contribution >= 4 is 15.9 Å². The van der Waals surface area contributed by atoms with Crippen molar-refractivity contribution in [3.05, 3.63) is 24.3 Å². The first-order valence-electron chi connectivity index (χ1n) is 3.69. The van der Waals surface area contributed by atoms with Crippen LogP contribution >= 0.6 is 15.9 Å². The smallest absolute Gasteiger partial charge is 0.184 e. The van der Waals surface area contributed by atoms with Gasteiger partial charge in [0.25, 0.3) is 0 Å². The lowest BCUT2D eigenvalue weighted by molar-refractivity contribution is -0.155. The first-order chi connectivity index (χ1) is 5.68. The number of rotatable bonds is 5. The highest BCUT2D eigenvalue weighted by atomic mass is 79.9. The van der Waals surface area contributed by atoms with Gasteiger partial charge in [0.05, 0.1) is 0 Å². The lowest BCUT2D eigenvalue weighted by Crippen LogP contribution is -2.26. The van der Waals surface area contributed by atoms with Gasteiger partial charge in [-0.25, -0.2) is 0 Å². The molecule has 12 heavy (non-hydrogen) atoms. The standard InChI is InChI=1S/C9H15BrO2/c1-9(11-2,12-3)7-5-4-6-8-10/h4-7H,8H2,1-3H3/b6-4+,7-5+. The maximum atomic E-state index is 5.11. The average Bonchev–Trinajstić information content (AvgIpc) is 2.12. The van der Waals surface area contributed by atoms with Crippen LogP contribution in [-0.4, -0.2) is 25.3 Å². The molecule has 0 aliphatic rings. The van der Waals surface area contributed by atoms with Gasteiger partial charge >= 0.3 is 0 Å². The van der Waals surface area contributed by atoms with E-state index in [1.165, 1.54) is 0 Å². The van der Waals surface area contributed by atoms with E-state index in [-0.39, 0.29) is 0 Å². The summed E-state index contributed by atoms with van der Waals surface area (Å²) in [6.07, 6.45) is 7.67. The molecule has 0 radical (unpaired) electrons. The Morgan fingerprint density at radius 3 is 2.25 bits per heavy atom. The number of hydrogen-bond acceptors (Lipinski definition) is 2. The van der Waals surface area contributed by atoms with Crippen LogP contribution in [0.5, 0.6) is 0 Å². The fraction of sp³-hybridized carbons (Fsp3) is 0.556. The summed E-state index contributed by atoms with van der Waals surface area (Å²) in [6.45, 7) is 1.85. The van der Waals surface area contributed by atoms with Crippen LogP contribution in [0.4, 0.5) is 0 Å². The van der Waals surface area contributed by atoms with E-state index in [9.17, 15) is 0 Å². The zero-order chi connectivity index (χ0) is 9.45. The van der Waals surface area contributed by atoms with Crippen LogP contribution in [0.3, 0.4) is 0 Å². The third-order valence-electron chi connectivity index (χ3n) is 1.55. The molecule has 0 aromatic heterocycles. The zero-order valence-electron chi connectivity index (χ0n) is 7.71. The highest BCUT2D eigenvalue weighted by Gasteiger charge is 2.16. The molecule has 0 atom stereocenters. The molecule has 0 aliphatic heterocycles. The molecule has 70 valence electrons. The van der Waals surface area contributed by atoms with Crippen LogP contribution in [-0.2, 0) is 9.47 Å².